The van der Waals surface area contributed by atoms with Crippen molar-refractivity contribution in [2.45, 2.75) is 70.5 Å². The summed E-state index contributed by atoms with van der Waals surface area (Å²) in [4.78, 5) is 0. The predicted molar refractivity (Wildman–Crippen MR) is 86.9 cm³/mol. The molecular weight excluding hydrogens is 304 g/mol. The minimum absolute atomic E-state index is 0.00805. The number of ether oxygens (including phenoxy) is 2. The maximum Gasteiger partial charge on any atom is 0.156 e. The molecule has 0 aromatic rings. The molecule has 0 bridgehead atoms. The Kier molecular flexibility index (Phi) is 16.3. The van der Waals surface area contributed by atoms with Crippen molar-refractivity contribution < 1.29 is 9.47 Å². The molecule has 2 nitrogen and oxygen atoms in total. The van der Waals surface area contributed by atoms with Gasteiger partial charge in [-0.3, -0.25) is 0 Å². The third-order valence-corrected chi connectivity index (χ3v) is 3.74. The first-order valence-electron chi connectivity index (χ1n) is 7.61. The van der Waals surface area contributed by atoms with Gasteiger partial charge in [0.2, 0.25) is 0 Å². The molecule has 0 atom stereocenters. The van der Waals surface area contributed by atoms with E-state index in [9.17, 15) is 0 Å². The average molecular weight is 335 g/mol. The number of hydrogen-bond donors (Lipinski definition) is 0. The van der Waals surface area contributed by atoms with Crippen LogP contribution in [0.25, 0.3) is 0 Å². The molecule has 0 N–H and O–H groups in total. The Morgan fingerprint density at radius 2 is 1.32 bits per heavy atom. The van der Waals surface area contributed by atoms with E-state index in [4.69, 9.17) is 9.47 Å². The fourth-order valence-corrected chi connectivity index (χ4v) is 2.35. The second-order valence-electron chi connectivity index (χ2n) is 4.90. The van der Waals surface area contributed by atoms with Crippen molar-refractivity contribution in [2.24, 2.45) is 0 Å². The van der Waals surface area contributed by atoms with Gasteiger partial charge in [0.15, 0.2) is 6.29 Å². The van der Waals surface area contributed by atoms with E-state index >= 15 is 0 Å². The molecule has 0 aromatic heterocycles. The zero-order valence-corrected chi connectivity index (χ0v) is 14.3. The molecule has 0 heterocycles. The lowest BCUT2D eigenvalue weighted by Crippen LogP contribution is -2.12. The maximum absolute atomic E-state index is 5.17. The van der Waals surface area contributed by atoms with Gasteiger partial charge in [-0.1, -0.05) is 60.2 Å². The second kappa shape index (κ2) is 16.2. The first-order chi connectivity index (χ1) is 9.35. The quantitative estimate of drug-likeness (QED) is 0.182. The highest BCUT2D eigenvalue weighted by atomic mass is 79.9. The van der Waals surface area contributed by atoms with E-state index in [0.717, 1.165) is 18.2 Å². The lowest BCUT2D eigenvalue weighted by atomic mass is 10.1. The van der Waals surface area contributed by atoms with Crippen LogP contribution in [0.1, 0.15) is 64.2 Å². The lowest BCUT2D eigenvalue weighted by molar-refractivity contribution is -0.107. The van der Waals surface area contributed by atoms with Gasteiger partial charge in [0.1, 0.15) is 0 Å². The second-order valence-corrected chi connectivity index (χ2v) is 5.70. The summed E-state index contributed by atoms with van der Waals surface area (Å²) in [5, 5.41) is 1.08. The van der Waals surface area contributed by atoms with Crippen LogP contribution in [0.2, 0.25) is 0 Å². The van der Waals surface area contributed by atoms with Crippen LogP contribution in [0, 0.1) is 0 Å². The normalized spacial score (nSPS) is 11.8. The summed E-state index contributed by atoms with van der Waals surface area (Å²) in [5.74, 6) is 0. The summed E-state index contributed by atoms with van der Waals surface area (Å²) in [6, 6.07) is 0. The molecule has 0 saturated carbocycles. The number of halogens is 1. The minimum atomic E-state index is -0.00805. The molecule has 0 aliphatic heterocycles. The standard InChI is InChI=1S/C16H31BrO2/c1-18-16(19-2)14-12-10-8-6-4-3-5-7-9-11-13-15-17/h9,11,16H,3-8,10,12-15H2,1-2H3/b11-9+. The number of alkyl halides is 1. The first-order valence-corrected chi connectivity index (χ1v) is 8.73. The summed E-state index contributed by atoms with van der Waals surface area (Å²) in [7, 11) is 3.42. The van der Waals surface area contributed by atoms with Crippen LogP contribution in [-0.2, 0) is 9.47 Å². The van der Waals surface area contributed by atoms with Gasteiger partial charge in [0.05, 0.1) is 0 Å². The highest BCUT2D eigenvalue weighted by molar-refractivity contribution is 9.09. The van der Waals surface area contributed by atoms with Crippen molar-refractivity contribution >= 4 is 15.9 Å². The third-order valence-electron chi connectivity index (χ3n) is 3.28. The van der Waals surface area contributed by atoms with Gasteiger partial charge in [-0.25, -0.2) is 0 Å². The Morgan fingerprint density at radius 3 is 1.89 bits per heavy atom. The summed E-state index contributed by atoms with van der Waals surface area (Å²) in [5.41, 5.74) is 0. The van der Waals surface area contributed by atoms with E-state index in [1.54, 1.807) is 14.2 Å². The largest absolute Gasteiger partial charge is 0.356 e. The molecule has 0 aromatic carbocycles. The zero-order valence-electron chi connectivity index (χ0n) is 12.7. The molecule has 0 fully saturated rings. The fraction of sp³-hybridized carbons (Fsp3) is 0.875. The Hall–Kier alpha value is 0.140. The Morgan fingerprint density at radius 1 is 0.789 bits per heavy atom. The Labute approximate surface area is 128 Å². The van der Waals surface area contributed by atoms with Crippen LogP contribution in [-0.4, -0.2) is 25.8 Å². The molecule has 0 aliphatic rings. The van der Waals surface area contributed by atoms with Crippen molar-refractivity contribution in [3.05, 3.63) is 12.2 Å². The van der Waals surface area contributed by atoms with Crippen LogP contribution in [0.15, 0.2) is 12.2 Å². The smallest absolute Gasteiger partial charge is 0.156 e. The van der Waals surface area contributed by atoms with Gasteiger partial charge < -0.3 is 9.47 Å². The van der Waals surface area contributed by atoms with Crippen molar-refractivity contribution in [3.8, 4) is 0 Å². The van der Waals surface area contributed by atoms with Crippen LogP contribution in [0.5, 0.6) is 0 Å². The van der Waals surface area contributed by atoms with Crippen molar-refractivity contribution in [1.82, 2.24) is 0 Å². The van der Waals surface area contributed by atoms with E-state index < -0.39 is 0 Å². The summed E-state index contributed by atoms with van der Waals surface area (Å²) in [6.07, 6.45) is 17.3. The number of methoxy groups -OCH3 is 2. The topological polar surface area (TPSA) is 18.5 Å². The van der Waals surface area contributed by atoms with Gasteiger partial charge in [0, 0.05) is 19.5 Å². The summed E-state index contributed by atoms with van der Waals surface area (Å²) < 4.78 is 10.3. The maximum atomic E-state index is 5.17. The molecule has 0 unspecified atom stereocenters. The van der Waals surface area contributed by atoms with E-state index in [0.29, 0.717) is 0 Å². The van der Waals surface area contributed by atoms with Crippen molar-refractivity contribution in [2.75, 3.05) is 19.5 Å². The van der Waals surface area contributed by atoms with E-state index in [-0.39, 0.29) is 6.29 Å². The third kappa shape index (κ3) is 14.4. The Balaban J connectivity index is 3.10. The number of rotatable bonds is 14. The summed E-state index contributed by atoms with van der Waals surface area (Å²) in [6.45, 7) is 0. The Bertz CT molecular complexity index is 191. The highest BCUT2D eigenvalue weighted by Crippen LogP contribution is 2.12. The zero-order chi connectivity index (χ0) is 14.2. The molecule has 0 radical (unpaired) electrons. The van der Waals surface area contributed by atoms with Crippen LogP contribution in [0.3, 0.4) is 0 Å². The molecule has 19 heavy (non-hydrogen) atoms. The van der Waals surface area contributed by atoms with Gasteiger partial charge in [-0.2, -0.15) is 0 Å². The van der Waals surface area contributed by atoms with E-state index in [1.807, 2.05) is 0 Å². The molecular formula is C16H31BrO2. The SMILES string of the molecule is COC(CCCCCCCCC/C=C/CCBr)OC. The van der Waals surface area contributed by atoms with Crippen molar-refractivity contribution in [1.29, 1.82) is 0 Å². The molecule has 114 valence electrons. The average Bonchev–Trinajstić information content (AvgIpc) is 2.44. The molecule has 0 rings (SSSR count). The predicted octanol–water partition coefficient (Wildman–Crippen LogP) is 5.46. The molecule has 0 amide bonds. The number of unbranched alkanes of at least 4 members (excludes halogenated alkanes) is 7. The van der Waals surface area contributed by atoms with E-state index in [1.165, 1.54) is 51.4 Å². The van der Waals surface area contributed by atoms with Gasteiger partial charge in [-0.15, -0.1) is 0 Å². The summed E-state index contributed by atoms with van der Waals surface area (Å²) >= 11 is 3.42. The first kappa shape index (κ1) is 19.1. The van der Waals surface area contributed by atoms with Crippen molar-refractivity contribution in [3.63, 3.8) is 0 Å². The molecule has 0 spiro atoms. The molecule has 3 heteroatoms. The lowest BCUT2D eigenvalue weighted by Gasteiger charge is -2.12. The van der Waals surface area contributed by atoms with E-state index in [2.05, 4.69) is 28.1 Å². The van der Waals surface area contributed by atoms with Gasteiger partial charge in [-0.05, 0) is 32.1 Å². The van der Waals surface area contributed by atoms with Gasteiger partial charge in [0.25, 0.3) is 0 Å². The number of hydrogen-bond acceptors (Lipinski definition) is 2. The van der Waals surface area contributed by atoms with Gasteiger partial charge >= 0.3 is 0 Å². The molecule has 0 aliphatic carbocycles. The van der Waals surface area contributed by atoms with Crippen LogP contribution >= 0.6 is 15.9 Å². The van der Waals surface area contributed by atoms with Crippen LogP contribution in [0.4, 0.5) is 0 Å². The molecule has 0 saturated heterocycles. The highest BCUT2D eigenvalue weighted by Gasteiger charge is 2.03. The number of allylic oxidation sites excluding steroid dienone is 2. The minimum Gasteiger partial charge on any atom is -0.356 e. The monoisotopic (exact) mass is 334 g/mol. The van der Waals surface area contributed by atoms with Crippen LogP contribution < -0.4 is 0 Å². The fourth-order valence-electron chi connectivity index (χ4n) is 2.09.